The molecule has 0 spiro atoms. The number of sulfone groups is 1. The van der Waals surface area contributed by atoms with E-state index in [4.69, 9.17) is 0 Å². The summed E-state index contributed by atoms with van der Waals surface area (Å²) in [5, 5.41) is 5.09. The average Bonchev–Trinajstić information content (AvgIpc) is 3.21. The first kappa shape index (κ1) is 21.5. The van der Waals surface area contributed by atoms with E-state index in [1.165, 1.54) is 22.2 Å². The number of hydrogen-bond donors (Lipinski definition) is 1. The maximum absolute atomic E-state index is 13.0. The van der Waals surface area contributed by atoms with Gasteiger partial charge in [-0.25, -0.2) is 18.4 Å². The van der Waals surface area contributed by atoms with E-state index < -0.39 is 21.7 Å². The molecule has 3 amide bonds. The highest BCUT2D eigenvalue weighted by Gasteiger charge is 2.33. The van der Waals surface area contributed by atoms with Gasteiger partial charge in [-0.05, 0) is 37.1 Å². The largest absolute Gasteiger partial charge is 0.343 e. The number of hydrogen-bond acceptors (Lipinski definition) is 5. The molecule has 2 aromatic rings. The van der Waals surface area contributed by atoms with Crippen LogP contribution in [0.3, 0.4) is 0 Å². The van der Waals surface area contributed by atoms with Crippen molar-refractivity contribution in [1.29, 1.82) is 0 Å². The van der Waals surface area contributed by atoms with E-state index in [1.54, 1.807) is 37.3 Å². The van der Waals surface area contributed by atoms with E-state index in [0.29, 0.717) is 18.5 Å². The van der Waals surface area contributed by atoms with Crippen LogP contribution in [-0.2, 0) is 14.6 Å². The SMILES string of the molecule is Cc1ccccc1C(=O)NCC(=O)N1CCCN1C(=O)c1ccccc1S(C)(=O)=O. The minimum Gasteiger partial charge on any atom is -0.343 e. The third kappa shape index (κ3) is 4.51. The van der Waals surface area contributed by atoms with Gasteiger partial charge in [0, 0.05) is 24.9 Å². The molecule has 0 bridgehead atoms. The molecule has 0 atom stereocenters. The first-order valence-corrected chi connectivity index (χ1v) is 11.3. The molecule has 1 saturated heterocycles. The molecule has 1 aliphatic rings. The summed E-state index contributed by atoms with van der Waals surface area (Å²) in [6.07, 6.45) is 1.59. The number of carbonyl (C=O) groups excluding carboxylic acids is 3. The van der Waals surface area contributed by atoms with Gasteiger partial charge >= 0.3 is 0 Å². The lowest BCUT2D eigenvalue weighted by molar-refractivity contribution is -0.139. The summed E-state index contributed by atoms with van der Waals surface area (Å²) in [6, 6.07) is 12.9. The van der Waals surface area contributed by atoms with Gasteiger partial charge in [0.1, 0.15) is 0 Å². The summed E-state index contributed by atoms with van der Waals surface area (Å²) in [7, 11) is -3.61. The maximum atomic E-state index is 13.0. The molecule has 158 valence electrons. The highest BCUT2D eigenvalue weighted by Crippen LogP contribution is 2.21. The van der Waals surface area contributed by atoms with Crippen LogP contribution in [0.5, 0.6) is 0 Å². The number of nitrogens with one attached hydrogen (secondary N) is 1. The average molecular weight is 429 g/mol. The summed E-state index contributed by atoms with van der Waals surface area (Å²) < 4.78 is 24.1. The Labute approximate surface area is 175 Å². The second kappa shape index (κ2) is 8.66. The van der Waals surface area contributed by atoms with E-state index in [0.717, 1.165) is 11.8 Å². The molecule has 0 aromatic heterocycles. The van der Waals surface area contributed by atoms with Crippen LogP contribution >= 0.6 is 0 Å². The van der Waals surface area contributed by atoms with Crippen molar-refractivity contribution in [3.63, 3.8) is 0 Å². The molecular formula is C21H23N3O5S. The van der Waals surface area contributed by atoms with Crippen molar-refractivity contribution in [3.05, 3.63) is 65.2 Å². The van der Waals surface area contributed by atoms with E-state index in [-0.39, 0.29) is 29.5 Å². The number of nitrogens with zero attached hydrogens (tertiary/aromatic N) is 2. The second-order valence-corrected chi connectivity index (χ2v) is 9.05. The standard InChI is InChI=1S/C21H23N3O5S/c1-15-8-3-4-9-16(15)20(26)22-14-19(25)23-12-7-13-24(23)21(27)17-10-5-6-11-18(17)30(2,28)29/h3-6,8-11H,7,12-14H2,1-2H3,(H,22,26). The molecule has 1 aliphatic heterocycles. The quantitative estimate of drug-likeness (QED) is 0.774. The summed E-state index contributed by atoms with van der Waals surface area (Å²) >= 11 is 0. The van der Waals surface area contributed by atoms with E-state index in [1.807, 2.05) is 6.07 Å². The predicted octanol–water partition coefficient (Wildman–Crippen LogP) is 1.42. The maximum Gasteiger partial charge on any atom is 0.273 e. The molecule has 1 heterocycles. The number of aryl methyl sites for hydroxylation is 1. The third-order valence-electron chi connectivity index (χ3n) is 4.86. The van der Waals surface area contributed by atoms with Crippen molar-refractivity contribution in [1.82, 2.24) is 15.3 Å². The number of carbonyl (C=O) groups is 3. The van der Waals surface area contributed by atoms with Gasteiger partial charge in [0.15, 0.2) is 9.84 Å². The van der Waals surface area contributed by atoms with Crippen LogP contribution in [0, 0.1) is 6.92 Å². The molecule has 1 fully saturated rings. The fourth-order valence-corrected chi connectivity index (χ4v) is 4.24. The van der Waals surface area contributed by atoms with Gasteiger partial charge in [0.2, 0.25) is 0 Å². The van der Waals surface area contributed by atoms with Crippen molar-refractivity contribution < 1.29 is 22.8 Å². The normalized spacial score (nSPS) is 13.9. The molecule has 0 aliphatic carbocycles. The van der Waals surface area contributed by atoms with E-state index in [9.17, 15) is 22.8 Å². The van der Waals surface area contributed by atoms with Crippen LogP contribution in [0.25, 0.3) is 0 Å². The van der Waals surface area contributed by atoms with Crippen molar-refractivity contribution in [2.24, 2.45) is 0 Å². The van der Waals surface area contributed by atoms with Gasteiger partial charge in [-0.2, -0.15) is 0 Å². The Morgan fingerprint density at radius 2 is 1.53 bits per heavy atom. The lowest BCUT2D eigenvalue weighted by atomic mass is 10.1. The second-order valence-electron chi connectivity index (χ2n) is 7.06. The lowest BCUT2D eigenvalue weighted by Gasteiger charge is -2.28. The molecule has 0 radical (unpaired) electrons. The Kier molecular flexibility index (Phi) is 6.21. The zero-order valence-corrected chi connectivity index (χ0v) is 17.6. The number of amides is 3. The van der Waals surface area contributed by atoms with Crippen molar-refractivity contribution in [2.75, 3.05) is 25.9 Å². The van der Waals surface area contributed by atoms with Crippen LogP contribution in [0.1, 0.15) is 32.7 Å². The number of hydrazine groups is 1. The van der Waals surface area contributed by atoms with Gasteiger partial charge in [-0.15, -0.1) is 0 Å². The molecule has 0 saturated carbocycles. The third-order valence-corrected chi connectivity index (χ3v) is 6.02. The van der Waals surface area contributed by atoms with Gasteiger partial charge in [0.25, 0.3) is 17.7 Å². The summed E-state index contributed by atoms with van der Waals surface area (Å²) in [6.45, 7) is 2.13. The van der Waals surface area contributed by atoms with Crippen LogP contribution < -0.4 is 5.32 Å². The van der Waals surface area contributed by atoms with E-state index >= 15 is 0 Å². The molecule has 0 unspecified atom stereocenters. The van der Waals surface area contributed by atoms with Gasteiger partial charge in [-0.1, -0.05) is 30.3 Å². The van der Waals surface area contributed by atoms with Crippen molar-refractivity contribution in [2.45, 2.75) is 18.2 Å². The fraction of sp³-hybridized carbons (Fsp3) is 0.286. The highest BCUT2D eigenvalue weighted by atomic mass is 32.2. The van der Waals surface area contributed by atoms with Crippen LogP contribution in [0.2, 0.25) is 0 Å². The first-order chi connectivity index (χ1) is 14.2. The molecular weight excluding hydrogens is 406 g/mol. The van der Waals surface area contributed by atoms with E-state index in [2.05, 4.69) is 5.32 Å². The molecule has 8 nitrogen and oxygen atoms in total. The smallest absolute Gasteiger partial charge is 0.273 e. The van der Waals surface area contributed by atoms with Crippen molar-refractivity contribution >= 4 is 27.6 Å². The molecule has 3 rings (SSSR count). The van der Waals surface area contributed by atoms with Gasteiger partial charge in [-0.3, -0.25) is 14.4 Å². The number of rotatable bonds is 5. The van der Waals surface area contributed by atoms with Crippen LogP contribution in [0.15, 0.2) is 53.4 Å². The predicted molar refractivity (Wildman–Crippen MR) is 110 cm³/mol. The Morgan fingerprint density at radius 3 is 2.20 bits per heavy atom. The molecule has 1 N–H and O–H groups in total. The zero-order chi connectivity index (χ0) is 21.9. The summed E-state index contributed by atoms with van der Waals surface area (Å²) in [4.78, 5) is 38.0. The topological polar surface area (TPSA) is 104 Å². The van der Waals surface area contributed by atoms with Crippen molar-refractivity contribution in [3.8, 4) is 0 Å². The van der Waals surface area contributed by atoms with Crippen LogP contribution in [0.4, 0.5) is 0 Å². The van der Waals surface area contributed by atoms with Gasteiger partial charge in [0.05, 0.1) is 17.0 Å². The minimum atomic E-state index is -3.61. The minimum absolute atomic E-state index is 0.0173. The highest BCUT2D eigenvalue weighted by molar-refractivity contribution is 7.90. The number of benzene rings is 2. The Morgan fingerprint density at radius 1 is 0.933 bits per heavy atom. The zero-order valence-electron chi connectivity index (χ0n) is 16.8. The van der Waals surface area contributed by atoms with Crippen LogP contribution in [-0.4, -0.2) is 62.0 Å². The molecule has 30 heavy (non-hydrogen) atoms. The summed E-state index contributed by atoms with van der Waals surface area (Å²) in [5.41, 5.74) is 1.28. The fourth-order valence-electron chi connectivity index (χ4n) is 3.36. The Hall–Kier alpha value is -3.20. The van der Waals surface area contributed by atoms with Gasteiger partial charge < -0.3 is 5.32 Å². The molecule has 9 heteroatoms. The Balaban J connectivity index is 1.73. The first-order valence-electron chi connectivity index (χ1n) is 9.45. The monoisotopic (exact) mass is 429 g/mol. The summed E-state index contributed by atoms with van der Waals surface area (Å²) in [5.74, 6) is -1.38. The Bertz CT molecular complexity index is 1100. The lowest BCUT2D eigenvalue weighted by Crippen LogP contribution is -2.48. The molecule has 2 aromatic carbocycles.